The monoisotopic (exact) mass is 348 g/mol. The largest absolute Gasteiger partial charge is 0.493 e. The minimum absolute atomic E-state index is 0.0977. The van der Waals surface area contributed by atoms with Gasteiger partial charge in [-0.2, -0.15) is 0 Å². The molecule has 1 aromatic rings. The topological polar surface area (TPSA) is 62.2 Å². The number of aliphatic hydroxyl groups is 1. The van der Waals surface area contributed by atoms with E-state index < -0.39 is 11.7 Å². The van der Waals surface area contributed by atoms with Crippen LogP contribution in [0.3, 0.4) is 0 Å². The number of hydrogen-bond donors (Lipinski definition) is 1. The van der Waals surface area contributed by atoms with Gasteiger partial charge in [0, 0.05) is 38.2 Å². The Labute approximate surface area is 149 Å². The van der Waals surface area contributed by atoms with Crippen LogP contribution >= 0.6 is 0 Å². The van der Waals surface area contributed by atoms with Crippen molar-refractivity contribution in [3.63, 3.8) is 0 Å². The first-order chi connectivity index (χ1) is 11.8. The molecule has 0 bridgehead atoms. The molecule has 2 heterocycles. The van der Waals surface area contributed by atoms with Crippen molar-refractivity contribution in [2.45, 2.75) is 44.9 Å². The number of piperazine rings is 1. The third-order valence-electron chi connectivity index (χ3n) is 4.63. The van der Waals surface area contributed by atoms with Crippen LogP contribution in [-0.2, 0) is 4.74 Å². The van der Waals surface area contributed by atoms with Crippen molar-refractivity contribution >= 4 is 6.09 Å². The third-order valence-corrected chi connectivity index (χ3v) is 4.63. The maximum atomic E-state index is 12.2. The van der Waals surface area contributed by atoms with E-state index in [0.29, 0.717) is 39.2 Å². The van der Waals surface area contributed by atoms with Crippen LogP contribution in [0.25, 0.3) is 0 Å². The smallest absolute Gasteiger partial charge is 0.410 e. The fraction of sp³-hybridized carbons (Fsp3) is 0.632. The van der Waals surface area contributed by atoms with E-state index >= 15 is 0 Å². The van der Waals surface area contributed by atoms with E-state index in [1.807, 2.05) is 45.0 Å². The molecule has 1 fully saturated rings. The van der Waals surface area contributed by atoms with Crippen LogP contribution in [0.1, 0.15) is 38.8 Å². The second-order valence-electron chi connectivity index (χ2n) is 7.69. The highest BCUT2D eigenvalue weighted by Crippen LogP contribution is 2.36. The third kappa shape index (κ3) is 4.25. The van der Waals surface area contributed by atoms with E-state index in [1.165, 1.54) is 0 Å². The Morgan fingerprint density at radius 1 is 1.20 bits per heavy atom. The van der Waals surface area contributed by atoms with Crippen LogP contribution in [0.5, 0.6) is 5.75 Å². The lowest BCUT2D eigenvalue weighted by Crippen LogP contribution is -2.52. The van der Waals surface area contributed by atoms with Crippen LogP contribution in [0.4, 0.5) is 4.79 Å². The Morgan fingerprint density at radius 2 is 1.88 bits per heavy atom. The van der Waals surface area contributed by atoms with Crippen LogP contribution in [-0.4, -0.2) is 65.5 Å². The average molecular weight is 348 g/mol. The summed E-state index contributed by atoms with van der Waals surface area (Å²) in [4.78, 5) is 16.2. The van der Waals surface area contributed by atoms with Crippen molar-refractivity contribution in [2.24, 2.45) is 0 Å². The van der Waals surface area contributed by atoms with Gasteiger partial charge in [-0.1, -0.05) is 18.2 Å². The van der Waals surface area contributed by atoms with E-state index in [1.54, 1.807) is 4.90 Å². The lowest BCUT2D eigenvalue weighted by atomic mass is 9.97. The van der Waals surface area contributed by atoms with Crippen molar-refractivity contribution < 1.29 is 19.4 Å². The zero-order valence-corrected chi connectivity index (χ0v) is 15.3. The van der Waals surface area contributed by atoms with Crippen LogP contribution in [0, 0.1) is 0 Å². The van der Waals surface area contributed by atoms with Crippen LogP contribution in [0.2, 0.25) is 0 Å². The molecule has 1 amide bonds. The van der Waals surface area contributed by atoms with Crippen molar-refractivity contribution in [1.29, 1.82) is 0 Å². The Kier molecular flexibility index (Phi) is 5.20. The first kappa shape index (κ1) is 18.0. The lowest BCUT2D eigenvalue weighted by Gasteiger charge is -2.40. The van der Waals surface area contributed by atoms with Gasteiger partial charge in [0.15, 0.2) is 0 Å². The molecule has 1 saturated heterocycles. The molecule has 138 valence electrons. The van der Waals surface area contributed by atoms with Crippen molar-refractivity contribution in [2.75, 3.05) is 32.8 Å². The summed E-state index contributed by atoms with van der Waals surface area (Å²) in [6, 6.07) is 7.81. The molecular weight excluding hydrogens is 320 g/mol. The number of aliphatic hydroxyl groups excluding tert-OH is 1. The van der Waals surface area contributed by atoms with Crippen LogP contribution in [0.15, 0.2) is 24.3 Å². The van der Waals surface area contributed by atoms with Gasteiger partial charge in [0.05, 0.1) is 18.8 Å². The van der Waals surface area contributed by atoms with E-state index in [0.717, 1.165) is 11.3 Å². The molecule has 1 N–H and O–H groups in total. The minimum atomic E-state index is -0.484. The number of amides is 1. The Hall–Kier alpha value is -1.79. The first-order valence-electron chi connectivity index (χ1n) is 8.97. The normalized spacial score (nSPS) is 24.9. The summed E-state index contributed by atoms with van der Waals surface area (Å²) in [6.07, 6.45) is -0.139. The van der Waals surface area contributed by atoms with Crippen molar-refractivity contribution in [3.05, 3.63) is 29.8 Å². The number of carbonyl (C=O) groups excluding carboxylic acids is 1. The summed E-state index contributed by atoms with van der Waals surface area (Å²) in [7, 11) is 0. The maximum absolute atomic E-state index is 12.2. The Balaban J connectivity index is 1.69. The molecule has 6 nitrogen and oxygen atoms in total. The summed E-state index contributed by atoms with van der Waals surface area (Å²) in [6.45, 7) is 8.75. The molecular formula is C19H28N2O4. The van der Waals surface area contributed by atoms with Gasteiger partial charge < -0.3 is 19.5 Å². The van der Waals surface area contributed by atoms with Gasteiger partial charge in [0.25, 0.3) is 0 Å². The lowest BCUT2D eigenvalue weighted by molar-refractivity contribution is -0.00659. The maximum Gasteiger partial charge on any atom is 0.410 e. The molecule has 0 radical (unpaired) electrons. The van der Waals surface area contributed by atoms with Gasteiger partial charge >= 0.3 is 6.09 Å². The Bertz CT molecular complexity index is 606. The van der Waals surface area contributed by atoms with Gasteiger partial charge in [-0.05, 0) is 26.8 Å². The van der Waals surface area contributed by atoms with Gasteiger partial charge in [-0.15, -0.1) is 0 Å². The first-order valence-corrected chi connectivity index (χ1v) is 8.97. The molecule has 3 rings (SSSR count). The molecule has 2 aliphatic heterocycles. The summed E-state index contributed by atoms with van der Waals surface area (Å²) in [5, 5.41) is 10.6. The van der Waals surface area contributed by atoms with Gasteiger partial charge in [-0.3, -0.25) is 4.90 Å². The molecule has 2 atom stereocenters. The van der Waals surface area contributed by atoms with E-state index in [2.05, 4.69) is 4.90 Å². The molecule has 0 aliphatic carbocycles. The molecule has 25 heavy (non-hydrogen) atoms. The molecule has 2 aliphatic rings. The number of para-hydroxylation sites is 1. The second kappa shape index (κ2) is 7.22. The van der Waals surface area contributed by atoms with E-state index in [4.69, 9.17) is 9.47 Å². The highest BCUT2D eigenvalue weighted by Gasteiger charge is 2.35. The standard InChI is InChI=1S/C19H28N2O4/c1-19(2,3)25-18(23)21-11-9-20(10-12-21)17-14-6-4-5-7-16(14)24-13-8-15(17)22/h4-7,15,17,22H,8-13H2,1-3H3/t15-,17+/m1/s1. The summed E-state index contributed by atoms with van der Waals surface area (Å²) < 4.78 is 11.2. The predicted molar refractivity (Wildman–Crippen MR) is 94.7 cm³/mol. The van der Waals surface area contributed by atoms with E-state index in [9.17, 15) is 9.90 Å². The quantitative estimate of drug-likeness (QED) is 0.844. The van der Waals surface area contributed by atoms with E-state index in [-0.39, 0.29) is 12.1 Å². The number of benzene rings is 1. The SMILES string of the molecule is CC(C)(C)OC(=O)N1CCN([C@H]2c3ccccc3OCC[C@H]2O)CC1. The number of rotatable bonds is 1. The zero-order valence-electron chi connectivity index (χ0n) is 15.3. The summed E-state index contributed by atoms with van der Waals surface area (Å²) in [5.74, 6) is 0.846. The van der Waals surface area contributed by atoms with Gasteiger partial charge in [0.2, 0.25) is 0 Å². The summed E-state index contributed by atoms with van der Waals surface area (Å²) in [5.41, 5.74) is 0.542. The fourth-order valence-electron chi connectivity index (χ4n) is 3.46. The number of carbonyl (C=O) groups is 1. The van der Waals surface area contributed by atoms with Crippen LogP contribution < -0.4 is 4.74 Å². The van der Waals surface area contributed by atoms with Gasteiger partial charge in [-0.25, -0.2) is 4.79 Å². The molecule has 0 saturated carbocycles. The molecule has 0 spiro atoms. The van der Waals surface area contributed by atoms with Crippen molar-refractivity contribution in [3.8, 4) is 5.75 Å². The highest BCUT2D eigenvalue weighted by atomic mass is 16.6. The van der Waals surface area contributed by atoms with Crippen molar-refractivity contribution in [1.82, 2.24) is 9.80 Å². The van der Waals surface area contributed by atoms with Gasteiger partial charge in [0.1, 0.15) is 11.4 Å². The molecule has 0 aromatic heterocycles. The highest BCUT2D eigenvalue weighted by molar-refractivity contribution is 5.68. The average Bonchev–Trinajstić information content (AvgIpc) is 2.71. The molecule has 1 aromatic carbocycles. The fourth-order valence-corrected chi connectivity index (χ4v) is 3.46. The predicted octanol–water partition coefficient (Wildman–Crippen LogP) is 2.42. The molecule has 0 unspecified atom stereocenters. The summed E-state index contributed by atoms with van der Waals surface area (Å²) >= 11 is 0. The zero-order chi connectivity index (χ0) is 18.0. The number of nitrogens with zero attached hydrogens (tertiary/aromatic N) is 2. The Morgan fingerprint density at radius 3 is 2.56 bits per heavy atom. The number of fused-ring (bicyclic) bond motifs is 1. The number of hydrogen-bond acceptors (Lipinski definition) is 5. The number of ether oxygens (including phenoxy) is 2. The second-order valence-corrected chi connectivity index (χ2v) is 7.69. The molecule has 6 heteroatoms. The minimum Gasteiger partial charge on any atom is -0.493 e.